The molecule has 0 saturated heterocycles. The lowest BCUT2D eigenvalue weighted by atomic mass is 10.0. The number of carbonyl (C=O) groups is 1. The molecule has 5 heteroatoms. The van der Waals surface area contributed by atoms with Crippen molar-refractivity contribution in [2.24, 2.45) is 0 Å². The number of nitriles is 1. The van der Waals surface area contributed by atoms with E-state index in [0.29, 0.717) is 16.6 Å². The molecule has 4 nitrogen and oxygen atoms in total. The van der Waals surface area contributed by atoms with E-state index >= 15 is 0 Å². The van der Waals surface area contributed by atoms with Crippen molar-refractivity contribution in [3.8, 4) is 6.07 Å². The molecular weight excluding hydrogens is 334 g/mol. The van der Waals surface area contributed by atoms with E-state index in [1.807, 2.05) is 43.3 Å². The fourth-order valence-electron chi connectivity index (χ4n) is 2.30. The number of nitrogens with one attached hydrogen (secondary N) is 2. The third kappa shape index (κ3) is 4.85. The van der Waals surface area contributed by atoms with Crippen LogP contribution in [0.3, 0.4) is 0 Å². The van der Waals surface area contributed by atoms with Crippen LogP contribution in [0.5, 0.6) is 0 Å². The summed E-state index contributed by atoms with van der Waals surface area (Å²) in [5, 5.41) is 15.6. The second-order valence-corrected chi connectivity index (χ2v) is 6.38. The predicted octanol–water partition coefficient (Wildman–Crippen LogP) is 5.23. The van der Waals surface area contributed by atoms with Crippen LogP contribution in [0.1, 0.15) is 30.9 Å². The summed E-state index contributed by atoms with van der Waals surface area (Å²) in [7, 11) is 0. The third-order valence-corrected chi connectivity index (χ3v) is 4.16. The molecule has 0 saturated carbocycles. The van der Waals surface area contributed by atoms with Crippen molar-refractivity contribution in [1.82, 2.24) is 0 Å². The monoisotopic (exact) mass is 353 g/mol. The number of anilines is 2. The molecule has 0 heterocycles. The highest BCUT2D eigenvalue weighted by molar-refractivity contribution is 6.31. The largest absolute Gasteiger partial charge is 0.360 e. The van der Waals surface area contributed by atoms with Crippen LogP contribution in [-0.4, -0.2) is 5.91 Å². The van der Waals surface area contributed by atoms with Crippen LogP contribution < -0.4 is 10.6 Å². The molecule has 0 fully saturated rings. The van der Waals surface area contributed by atoms with Gasteiger partial charge in [-0.05, 0) is 42.2 Å². The van der Waals surface area contributed by atoms with Crippen molar-refractivity contribution < 1.29 is 4.79 Å². The van der Waals surface area contributed by atoms with Gasteiger partial charge in [0.1, 0.15) is 11.6 Å². The Morgan fingerprint density at radius 1 is 1.24 bits per heavy atom. The van der Waals surface area contributed by atoms with E-state index in [-0.39, 0.29) is 5.57 Å². The molecule has 2 rings (SSSR count). The van der Waals surface area contributed by atoms with E-state index in [9.17, 15) is 10.1 Å². The second-order valence-electron chi connectivity index (χ2n) is 5.97. The molecule has 2 N–H and O–H groups in total. The predicted molar refractivity (Wildman–Crippen MR) is 103 cm³/mol. The third-order valence-electron chi connectivity index (χ3n) is 3.75. The van der Waals surface area contributed by atoms with E-state index < -0.39 is 5.91 Å². The zero-order chi connectivity index (χ0) is 18.4. The molecule has 2 aromatic rings. The van der Waals surface area contributed by atoms with Crippen LogP contribution in [0.25, 0.3) is 0 Å². The van der Waals surface area contributed by atoms with Gasteiger partial charge in [0, 0.05) is 22.6 Å². The van der Waals surface area contributed by atoms with E-state index in [2.05, 4.69) is 24.5 Å². The fraction of sp³-hybridized carbons (Fsp3) is 0.200. The minimum Gasteiger partial charge on any atom is -0.360 e. The van der Waals surface area contributed by atoms with Gasteiger partial charge >= 0.3 is 0 Å². The molecule has 0 unspecified atom stereocenters. The summed E-state index contributed by atoms with van der Waals surface area (Å²) in [6.07, 6.45) is 1.42. The molecule has 0 aliphatic heterocycles. The zero-order valence-electron chi connectivity index (χ0n) is 14.4. The number of carbonyl (C=O) groups excluding carboxylic acids is 1. The Balaban J connectivity index is 2.16. The maximum absolute atomic E-state index is 12.3. The van der Waals surface area contributed by atoms with Crippen molar-refractivity contribution in [1.29, 1.82) is 5.26 Å². The number of benzene rings is 2. The molecule has 1 amide bonds. The Labute approximate surface area is 153 Å². The van der Waals surface area contributed by atoms with Crippen LogP contribution in [0.2, 0.25) is 5.02 Å². The molecule has 0 aliphatic carbocycles. The molecule has 0 spiro atoms. The van der Waals surface area contributed by atoms with E-state index in [1.54, 1.807) is 12.1 Å². The summed E-state index contributed by atoms with van der Waals surface area (Å²) in [5.41, 5.74) is 3.43. The number of nitrogens with zero attached hydrogens (tertiary/aromatic N) is 1. The number of rotatable bonds is 5. The van der Waals surface area contributed by atoms with Gasteiger partial charge in [-0.1, -0.05) is 49.7 Å². The van der Waals surface area contributed by atoms with Gasteiger partial charge < -0.3 is 10.6 Å². The van der Waals surface area contributed by atoms with Crippen molar-refractivity contribution in [3.63, 3.8) is 0 Å². The maximum Gasteiger partial charge on any atom is 0.267 e. The highest BCUT2D eigenvalue weighted by Gasteiger charge is 2.11. The van der Waals surface area contributed by atoms with Crippen LogP contribution in [0.15, 0.2) is 54.2 Å². The number of hydrogen-bond donors (Lipinski definition) is 2. The SMILES string of the molecule is Cc1ccc(NC(=O)/C(C#N)=C\Nc2ccccc2C(C)C)cc1Cl. The highest BCUT2D eigenvalue weighted by atomic mass is 35.5. The van der Waals surface area contributed by atoms with Gasteiger partial charge in [-0.15, -0.1) is 0 Å². The average Bonchev–Trinajstić information content (AvgIpc) is 2.59. The summed E-state index contributed by atoms with van der Waals surface area (Å²) in [4.78, 5) is 12.3. The summed E-state index contributed by atoms with van der Waals surface area (Å²) in [6.45, 7) is 6.05. The topological polar surface area (TPSA) is 64.9 Å². The van der Waals surface area contributed by atoms with Crippen molar-refractivity contribution in [3.05, 3.63) is 70.4 Å². The van der Waals surface area contributed by atoms with Gasteiger partial charge in [0.15, 0.2) is 0 Å². The molecule has 0 bridgehead atoms. The Morgan fingerprint density at radius 2 is 1.96 bits per heavy atom. The first-order valence-corrected chi connectivity index (χ1v) is 8.33. The smallest absolute Gasteiger partial charge is 0.267 e. The highest BCUT2D eigenvalue weighted by Crippen LogP contribution is 2.24. The number of hydrogen-bond acceptors (Lipinski definition) is 3. The lowest BCUT2D eigenvalue weighted by Gasteiger charge is -2.12. The van der Waals surface area contributed by atoms with Gasteiger partial charge in [0.2, 0.25) is 0 Å². The summed E-state index contributed by atoms with van der Waals surface area (Å²) in [6, 6.07) is 14.9. The molecule has 2 aromatic carbocycles. The number of halogens is 1. The lowest BCUT2D eigenvalue weighted by Crippen LogP contribution is -2.14. The fourth-order valence-corrected chi connectivity index (χ4v) is 2.48. The standard InChI is InChI=1S/C20H20ClN3O/c1-13(2)17-6-4-5-7-19(17)23-12-15(11-22)20(25)24-16-9-8-14(3)18(21)10-16/h4-10,12-13,23H,1-3H3,(H,24,25)/b15-12-. The van der Waals surface area contributed by atoms with Crippen LogP contribution in [0.4, 0.5) is 11.4 Å². The number of para-hydroxylation sites is 1. The maximum atomic E-state index is 12.3. The first-order valence-electron chi connectivity index (χ1n) is 7.95. The minimum absolute atomic E-state index is 0.0183. The summed E-state index contributed by atoms with van der Waals surface area (Å²) < 4.78 is 0. The molecule has 0 radical (unpaired) electrons. The van der Waals surface area contributed by atoms with E-state index in [1.165, 1.54) is 6.20 Å². The van der Waals surface area contributed by atoms with Crippen molar-refractivity contribution in [2.75, 3.05) is 10.6 Å². The molecule has 0 aromatic heterocycles. The van der Waals surface area contributed by atoms with E-state index in [0.717, 1.165) is 16.8 Å². The summed E-state index contributed by atoms with van der Waals surface area (Å²) >= 11 is 6.06. The normalized spacial score (nSPS) is 11.1. The molecule has 0 atom stereocenters. The number of amides is 1. The van der Waals surface area contributed by atoms with Crippen molar-refractivity contribution in [2.45, 2.75) is 26.7 Å². The zero-order valence-corrected chi connectivity index (χ0v) is 15.2. The Kier molecular flexibility index (Phi) is 6.21. The van der Waals surface area contributed by atoms with Gasteiger partial charge in [-0.2, -0.15) is 5.26 Å². The Morgan fingerprint density at radius 3 is 2.60 bits per heavy atom. The van der Waals surface area contributed by atoms with Gasteiger partial charge in [-0.25, -0.2) is 0 Å². The lowest BCUT2D eigenvalue weighted by molar-refractivity contribution is -0.112. The molecule has 0 aliphatic rings. The Bertz CT molecular complexity index is 850. The van der Waals surface area contributed by atoms with E-state index in [4.69, 9.17) is 11.6 Å². The van der Waals surface area contributed by atoms with Gasteiger partial charge in [-0.3, -0.25) is 4.79 Å². The van der Waals surface area contributed by atoms with Crippen LogP contribution in [-0.2, 0) is 4.79 Å². The van der Waals surface area contributed by atoms with Gasteiger partial charge in [0.05, 0.1) is 0 Å². The quantitative estimate of drug-likeness (QED) is 0.571. The second kappa shape index (κ2) is 8.36. The molecule has 128 valence electrons. The minimum atomic E-state index is -0.489. The first kappa shape index (κ1) is 18.6. The first-order chi connectivity index (χ1) is 11.9. The summed E-state index contributed by atoms with van der Waals surface area (Å²) in [5.74, 6) is -0.164. The molecule has 25 heavy (non-hydrogen) atoms. The van der Waals surface area contributed by atoms with Crippen molar-refractivity contribution >= 4 is 28.9 Å². The van der Waals surface area contributed by atoms with Gasteiger partial charge in [0.25, 0.3) is 5.91 Å². The average molecular weight is 354 g/mol. The number of aryl methyl sites for hydroxylation is 1. The molecular formula is C20H20ClN3O. The van der Waals surface area contributed by atoms with Crippen LogP contribution in [0, 0.1) is 18.3 Å². The van der Waals surface area contributed by atoms with Crippen LogP contribution >= 0.6 is 11.6 Å². The Hall–Kier alpha value is -2.77.